The molecule has 6 nitrogen and oxygen atoms in total. The lowest BCUT2D eigenvalue weighted by Gasteiger charge is -2.25. The Hall–Kier alpha value is -2.08. The minimum atomic E-state index is -1.04. The van der Waals surface area contributed by atoms with E-state index in [9.17, 15) is 14.7 Å². The van der Waals surface area contributed by atoms with Crippen molar-refractivity contribution in [2.45, 2.75) is 18.4 Å². The smallest absolute Gasteiger partial charge is 0.325 e. The summed E-state index contributed by atoms with van der Waals surface area (Å²) < 4.78 is 0. The second-order valence-electron chi connectivity index (χ2n) is 5.23. The van der Waals surface area contributed by atoms with Gasteiger partial charge in [0.2, 0.25) is 0 Å². The van der Waals surface area contributed by atoms with Crippen molar-refractivity contribution in [1.82, 2.24) is 15.5 Å². The molecule has 0 saturated carbocycles. The van der Waals surface area contributed by atoms with E-state index in [0.29, 0.717) is 19.5 Å². The minimum absolute atomic E-state index is 0.118. The van der Waals surface area contributed by atoms with Crippen LogP contribution in [0, 0.1) is 0 Å². The summed E-state index contributed by atoms with van der Waals surface area (Å²) >= 11 is 0. The van der Waals surface area contributed by atoms with Gasteiger partial charge >= 0.3 is 12.1 Å². The predicted molar refractivity (Wildman–Crippen MR) is 72.2 cm³/mol. The first kappa shape index (κ1) is 12.9. The van der Waals surface area contributed by atoms with Crippen LogP contribution in [-0.4, -0.2) is 41.7 Å². The zero-order chi connectivity index (χ0) is 14.2. The lowest BCUT2D eigenvalue weighted by molar-refractivity contribution is 0.0403. The molecule has 3 rings (SSSR count). The molecule has 1 aliphatic heterocycles. The molecule has 0 unspecified atom stereocenters. The molecule has 6 heteroatoms. The maximum Gasteiger partial charge on any atom is 0.325 e. The van der Waals surface area contributed by atoms with Crippen molar-refractivity contribution >= 4 is 12.1 Å². The first-order valence-corrected chi connectivity index (χ1v) is 6.74. The normalized spacial score (nSPS) is 24.4. The molecule has 1 heterocycles. The number of nitrogens with zero attached hydrogens (tertiary/aromatic N) is 1. The summed E-state index contributed by atoms with van der Waals surface area (Å²) in [5.41, 5.74) is 0.942. The number of carbonyl (C=O) groups is 2. The van der Waals surface area contributed by atoms with E-state index in [0.717, 1.165) is 22.4 Å². The molecule has 1 aromatic carbocycles. The first-order valence-electron chi connectivity index (χ1n) is 6.74. The highest BCUT2D eigenvalue weighted by atomic mass is 16.3. The van der Waals surface area contributed by atoms with Crippen LogP contribution >= 0.6 is 0 Å². The molecule has 0 spiro atoms. The summed E-state index contributed by atoms with van der Waals surface area (Å²) in [5, 5.41) is 15.9. The summed E-state index contributed by atoms with van der Waals surface area (Å²) in [6, 6.07) is 6.85. The molecule has 0 aromatic heterocycles. The summed E-state index contributed by atoms with van der Waals surface area (Å²) in [5.74, 6) is 0. The number of rotatable bonds is 2. The van der Waals surface area contributed by atoms with Gasteiger partial charge in [-0.25, -0.2) is 14.5 Å². The molecule has 20 heavy (non-hydrogen) atoms. The lowest BCUT2D eigenvalue weighted by atomic mass is 9.96. The van der Waals surface area contributed by atoms with Gasteiger partial charge in [0.1, 0.15) is 5.60 Å². The van der Waals surface area contributed by atoms with E-state index in [-0.39, 0.29) is 12.6 Å². The Morgan fingerprint density at radius 2 is 2.25 bits per heavy atom. The second kappa shape index (κ2) is 4.79. The number of benzene rings is 1. The number of aliphatic hydroxyl groups is 1. The molecule has 1 aromatic rings. The van der Waals surface area contributed by atoms with Crippen LogP contribution in [0.15, 0.2) is 24.3 Å². The highest BCUT2D eigenvalue weighted by molar-refractivity contribution is 5.94. The van der Waals surface area contributed by atoms with E-state index >= 15 is 0 Å². The average molecular weight is 275 g/mol. The van der Waals surface area contributed by atoms with E-state index < -0.39 is 11.6 Å². The summed E-state index contributed by atoms with van der Waals surface area (Å²) in [6.45, 7) is 0.950. The Morgan fingerprint density at radius 1 is 1.45 bits per heavy atom. The molecule has 1 aliphatic carbocycles. The number of imide groups is 1. The third-order valence-corrected chi connectivity index (χ3v) is 3.96. The van der Waals surface area contributed by atoms with Gasteiger partial charge in [0.25, 0.3) is 0 Å². The van der Waals surface area contributed by atoms with Crippen LogP contribution < -0.4 is 10.6 Å². The molecular weight excluding hydrogens is 258 g/mol. The number of nitrogens with one attached hydrogen (secondary N) is 2. The van der Waals surface area contributed by atoms with Crippen molar-refractivity contribution in [2.75, 3.05) is 19.6 Å². The van der Waals surface area contributed by atoms with Crippen molar-refractivity contribution in [3.05, 3.63) is 35.4 Å². The zero-order valence-corrected chi connectivity index (χ0v) is 11.1. The van der Waals surface area contributed by atoms with Crippen LogP contribution in [0.5, 0.6) is 0 Å². The maximum absolute atomic E-state index is 11.9. The molecule has 3 N–H and O–H groups in total. The van der Waals surface area contributed by atoms with Gasteiger partial charge in [0.15, 0.2) is 0 Å². The molecule has 1 fully saturated rings. The van der Waals surface area contributed by atoms with Gasteiger partial charge in [0, 0.05) is 13.1 Å². The van der Waals surface area contributed by atoms with Crippen LogP contribution in [0.1, 0.15) is 17.5 Å². The third kappa shape index (κ3) is 2.12. The maximum atomic E-state index is 11.9. The Morgan fingerprint density at radius 3 is 3.00 bits per heavy atom. The van der Waals surface area contributed by atoms with Gasteiger partial charge in [-0.1, -0.05) is 24.3 Å². The topological polar surface area (TPSA) is 81.7 Å². The number of hydrogen-bond donors (Lipinski definition) is 3. The van der Waals surface area contributed by atoms with E-state index in [1.54, 1.807) is 0 Å². The average Bonchev–Trinajstić information content (AvgIpc) is 3.02. The Balaban J connectivity index is 1.67. The highest BCUT2D eigenvalue weighted by Crippen LogP contribution is 2.36. The van der Waals surface area contributed by atoms with Gasteiger partial charge in [-0.2, -0.15) is 0 Å². The van der Waals surface area contributed by atoms with Crippen LogP contribution in [0.2, 0.25) is 0 Å². The van der Waals surface area contributed by atoms with Gasteiger partial charge in [-0.3, -0.25) is 0 Å². The molecule has 0 radical (unpaired) electrons. The van der Waals surface area contributed by atoms with Crippen molar-refractivity contribution in [1.29, 1.82) is 0 Å². The van der Waals surface area contributed by atoms with E-state index in [2.05, 4.69) is 10.6 Å². The minimum Gasteiger partial charge on any atom is -0.383 e. The van der Waals surface area contributed by atoms with Gasteiger partial charge < -0.3 is 15.7 Å². The van der Waals surface area contributed by atoms with E-state index in [1.165, 1.54) is 0 Å². The fourth-order valence-corrected chi connectivity index (χ4v) is 2.83. The summed E-state index contributed by atoms with van der Waals surface area (Å²) in [4.78, 5) is 24.4. The van der Waals surface area contributed by atoms with Gasteiger partial charge in [-0.15, -0.1) is 0 Å². The second-order valence-corrected chi connectivity index (χ2v) is 5.23. The van der Waals surface area contributed by atoms with E-state index in [1.807, 2.05) is 24.3 Å². The molecular formula is C14H17N3O3. The SMILES string of the molecule is O=C1NCCN1C(=O)NC[C@@]1(O)CCc2ccccc21. The monoisotopic (exact) mass is 275 g/mol. The molecule has 0 bridgehead atoms. The summed E-state index contributed by atoms with van der Waals surface area (Å²) in [6.07, 6.45) is 1.38. The Labute approximate surface area is 116 Å². The molecule has 1 atom stereocenters. The first-order chi connectivity index (χ1) is 9.60. The molecule has 4 amide bonds. The number of hydrogen-bond acceptors (Lipinski definition) is 3. The quantitative estimate of drug-likeness (QED) is 0.737. The van der Waals surface area contributed by atoms with Crippen LogP contribution in [0.4, 0.5) is 9.59 Å². The van der Waals surface area contributed by atoms with Gasteiger partial charge in [-0.05, 0) is 24.0 Å². The number of carbonyl (C=O) groups excluding carboxylic acids is 2. The fraction of sp³-hybridized carbons (Fsp3) is 0.429. The van der Waals surface area contributed by atoms with E-state index in [4.69, 9.17) is 0 Å². The lowest BCUT2D eigenvalue weighted by Crippen LogP contribution is -2.47. The van der Waals surface area contributed by atoms with Crippen LogP contribution in [0.25, 0.3) is 0 Å². The molecule has 106 valence electrons. The third-order valence-electron chi connectivity index (χ3n) is 3.96. The number of fused-ring (bicyclic) bond motifs is 1. The zero-order valence-electron chi connectivity index (χ0n) is 11.1. The number of urea groups is 2. The van der Waals surface area contributed by atoms with Crippen molar-refractivity contribution in [3.8, 4) is 0 Å². The van der Waals surface area contributed by atoms with Crippen molar-refractivity contribution < 1.29 is 14.7 Å². The van der Waals surface area contributed by atoms with Crippen LogP contribution in [0.3, 0.4) is 0 Å². The van der Waals surface area contributed by atoms with Crippen molar-refractivity contribution in [2.24, 2.45) is 0 Å². The summed E-state index contributed by atoms with van der Waals surface area (Å²) in [7, 11) is 0. The molecule has 2 aliphatic rings. The molecule has 1 saturated heterocycles. The number of amides is 4. The fourth-order valence-electron chi connectivity index (χ4n) is 2.83. The Kier molecular flexibility index (Phi) is 3.10. The number of aryl methyl sites for hydroxylation is 1. The largest absolute Gasteiger partial charge is 0.383 e. The highest BCUT2D eigenvalue weighted by Gasteiger charge is 2.37. The Bertz CT molecular complexity index is 560. The predicted octanol–water partition coefficient (Wildman–Crippen LogP) is 0.555. The van der Waals surface area contributed by atoms with Crippen molar-refractivity contribution in [3.63, 3.8) is 0 Å². The van der Waals surface area contributed by atoms with Gasteiger partial charge in [0.05, 0.1) is 6.54 Å². The standard InChI is InChI=1S/C14H17N3O3/c18-12-15-7-8-17(12)13(19)16-9-14(20)6-5-10-3-1-2-4-11(10)14/h1-4,20H,5-9H2,(H,15,18)(H,16,19)/t14-/m0/s1. The van der Waals surface area contributed by atoms with Crippen LogP contribution in [-0.2, 0) is 12.0 Å².